The molecule has 7 heteroatoms. The van der Waals surface area contributed by atoms with E-state index in [0.717, 1.165) is 47.6 Å². The number of thiazole rings is 1. The Morgan fingerprint density at radius 3 is 2.50 bits per heavy atom. The van der Waals surface area contributed by atoms with E-state index in [-0.39, 0.29) is 18.3 Å². The maximum atomic E-state index is 12.4. The predicted molar refractivity (Wildman–Crippen MR) is 100 cm³/mol. The molecule has 3 N–H and O–H groups in total. The van der Waals surface area contributed by atoms with Gasteiger partial charge in [0.25, 0.3) is 0 Å². The fraction of sp³-hybridized carbons (Fsp3) is 0.412. The van der Waals surface area contributed by atoms with Crippen LogP contribution in [0.4, 0.5) is 5.13 Å². The normalized spacial score (nSPS) is 15.6. The Morgan fingerprint density at radius 1 is 1.29 bits per heavy atom. The smallest absolute Gasteiger partial charge is 0.246 e. The van der Waals surface area contributed by atoms with Gasteiger partial charge >= 0.3 is 0 Å². The molecule has 0 atom stereocenters. The molecule has 1 fully saturated rings. The summed E-state index contributed by atoms with van der Waals surface area (Å²) in [4.78, 5) is 18.0. The lowest BCUT2D eigenvalue weighted by molar-refractivity contribution is -0.121. The van der Waals surface area contributed by atoms with Crippen molar-refractivity contribution in [1.29, 1.82) is 0 Å². The maximum absolute atomic E-state index is 12.4. The molecular weight excluding hydrogens is 346 g/mol. The Balaban J connectivity index is 0.00000208. The number of halogens is 1. The van der Waals surface area contributed by atoms with Crippen molar-refractivity contribution >= 4 is 34.8 Å². The van der Waals surface area contributed by atoms with Crippen molar-refractivity contribution in [2.75, 3.05) is 12.4 Å². The molecule has 1 aliphatic rings. The van der Waals surface area contributed by atoms with Gasteiger partial charge in [0.05, 0.1) is 18.3 Å². The summed E-state index contributed by atoms with van der Waals surface area (Å²) in [7, 11) is 1.64. The quantitative estimate of drug-likeness (QED) is 0.862. The van der Waals surface area contributed by atoms with Gasteiger partial charge in [0.2, 0.25) is 5.91 Å². The second-order valence-electron chi connectivity index (χ2n) is 5.97. The maximum Gasteiger partial charge on any atom is 0.246 e. The van der Waals surface area contributed by atoms with Crippen LogP contribution in [-0.2, 0) is 4.79 Å². The standard InChI is InChI=1S/C17H21N3O2S.ClH/c1-11-14(12-5-7-13(22-2)8-6-12)19-16(23-11)20-15(21)17(18)9-3-4-10-17;/h5-8H,3-4,9-10,18H2,1-2H3,(H,19,20,21);1H. The SMILES string of the molecule is COc1ccc(-c2nc(NC(=O)C3(N)CCCC3)sc2C)cc1.Cl. The van der Waals surface area contributed by atoms with Gasteiger partial charge in [-0.3, -0.25) is 4.79 Å². The number of anilines is 1. The van der Waals surface area contributed by atoms with E-state index in [1.54, 1.807) is 7.11 Å². The molecule has 1 saturated carbocycles. The highest BCUT2D eigenvalue weighted by Gasteiger charge is 2.37. The van der Waals surface area contributed by atoms with Crippen molar-refractivity contribution in [2.24, 2.45) is 5.73 Å². The van der Waals surface area contributed by atoms with Gasteiger partial charge in [-0.05, 0) is 44.0 Å². The first-order valence-corrected chi connectivity index (χ1v) is 8.56. The summed E-state index contributed by atoms with van der Waals surface area (Å²) in [6.07, 6.45) is 3.51. The minimum Gasteiger partial charge on any atom is -0.497 e. The highest BCUT2D eigenvalue weighted by atomic mass is 35.5. The number of aromatic nitrogens is 1. The van der Waals surface area contributed by atoms with E-state index < -0.39 is 5.54 Å². The Kier molecular flexibility index (Phi) is 5.85. The van der Waals surface area contributed by atoms with Crippen LogP contribution in [0.5, 0.6) is 5.75 Å². The van der Waals surface area contributed by atoms with Gasteiger partial charge in [0, 0.05) is 10.4 Å². The van der Waals surface area contributed by atoms with Crippen molar-refractivity contribution in [1.82, 2.24) is 4.98 Å². The van der Waals surface area contributed by atoms with E-state index in [1.165, 1.54) is 11.3 Å². The van der Waals surface area contributed by atoms with Crippen molar-refractivity contribution in [3.63, 3.8) is 0 Å². The molecule has 1 aromatic carbocycles. The number of ether oxygens (including phenoxy) is 1. The molecule has 0 bridgehead atoms. The van der Waals surface area contributed by atoms with Crippen LogP contribution in [0.2, 0.25) is 0 Å². The molecule has 24 heavy (non-hydrogen) atoms. The van der Waals surface area contributed by atoms with Crippen LogP contribution in [0, 0.1) is 6.92 Å². The van der Waals surface area contributed by atoms with Gasteiger partial charge in [-0.2, -0.15) is 0 Å². The molecule has 0 saturated heterocycles. The number of benzene rings is 1. The molecule has 0 radical (unpaired) electrons. The van der Waals surface area contributed by atoms with E-state index in [2.05, 4.69) is 10.3 Å². The summed E-state index contributed by atoms with van der Waals surface area (Å²) in [5.74, 6) is 0.687. The van der Waals surface area contributed by atoms with E-state index in [0.29, 0.717) is 5.13 Å². The van der Waals surface area contributed by atoms with E-state index >= 15 is 0 Å². The number of nitrogens with two attached hydrogens (primary N) is 1. The Morgan fingerprint density at radius 2 is 1.92 bits per heavy atom. The number of nitrogens with one attached hydrogen (secondary N) is 1. The van der Waals surface area contributed by atoms with Crippen LogP contribution in [0.25, 0.3) is 11.3 Å². The minimum absolute atomic E-state index is 0. The van der Waals surface area contributed by atoms with Crippen LogP contribution in [0.15, 0.2) is 24.3 Å². The molecule has 130 valence electrons. The molecule has 3 rings (SSSR count). The van der Waals surface area contributed by atoms with Gasteiger partial charge < -0.3 is 15.8 Å². The van der Waals surface area contributed by atoms with E-state index in [1.807, 2.05) is 31.2 Å². The van der Waals surface area contributed by atoms with Crippen LogP contribution in [0.1, 0.15) is 30.6 Å². The van der Waals surface area contributed by atoms with E-state index in [4.69, 9.17) is 10.5 Å². The van der Waals surface area contributed by atoms with Crippen molar-refractivity contribution < 1.29 is 9.53 Å². The molecule has 2 aromatic rings. The van der Waals surface area contributed by atoms with Crippen LogP contribution in [0.3, 0.4) is 0 Å². The summed E-state index contributed by atoms with van der Waals surface area (Å²) in [6, 6.07) is 7.74. The Hall–Kier alpha value is -1.63. The number of nitrogens with zero attached hydrogens (tertiary/aromatic N) is 1. The topological polar surface area (TPSA) is 77.2 Å². The largest absolute Gasteiger partial charge is 0.497 e. The third kappa shape index (κ3) is 3.71. The van der Waals surface area contributed by atoms with Gasteiger partial charge in [0.15, 0.2) is 5.13 Å². The summed E-state index contributed by atoms with van der Waals surface area (Å²) in [5.41, 5.74) is 7.34. The summed E-state index contributed by atoms with van der Waals surface area (Å²) in [5, 5.41) is 3.50. The second kappa shape index (κ2) is 7.51. The van der Waals surface area contributed by atoms with Crippen LogP contribution < -0.4 is 15.8 Å². The van der Waals surface area contributed by atoms with Gasteiger partial charge in [-0.25, -0.2) is 4.98 Å². The molecule has 0 unspecified atom stereocenters. The molecule has 1 aliphatic carbocycles. The Bertz CT molecular complexity index is 709. The molecule has 1 heterocycles. The monoisotopic (exact) mass is 367 g/mol. The average Bonchev–Trinajstić information content (AvgIpc) is 3.14. The number of carbonyl (C=O) groups is 1. The molecule has 5 nitrogen and oxygen atoms in total. The second-order valence-corrected chi connectivity index (χ2v) is 7.17. The summed E-state index contributed by atoms with van der Waals surface area (Å²) >= 11 is 1.48. The van der Waals surface area contributed by atoms with Gasteiger partial charge in [0.1, 0.15) is 5.75 Å². The summed E-state index contributed by atoms with van der Waals surface area (Å²) in [6.45, 7) is 2.00. The first kappa shape index (κ1) is 18.7. The molecular formula is C17H22ClN3O2S. The highest BCUT2D eigenvalue weighted by molar-refractivity contribution is 7.16. The number of hydrogen-bond acceptors (Lipinski definition) is 5. The third-order valence-electron chi connectivity index (χ3n) is 4.33. The fourth-order valence-corrected chi connectivity index (χ4v) is 3.75. The number of carbonyl (C=O) groups excluding carboxylic acids is 1. The van der Waals surface area contributed by atoms with Crippen LogP contribution in [-0.4, -0.2) is 23.5 Å². The van der Waals surface area contributed by atoms with Crippen molar-refractivity contribution in [2.45, 2.75) is 38.1 Å². The number of amides is 1. The van der Waals surface area contributed by atoms with Gasteiger partial charge in [-0.15, -0.1) is 23.7 Å². The zero-order valence-electron chi connectivity index (χ0n) is 13.8. The zero-order chi connectivity index (χ0) is 16.4. The van der Waals surface area contributed by atoms with E-state index in [9.17, 15) is 4.79 Å². The van der Waals surface area contributed by atoms with Crippen molar-refractivity contribution in [3.05, 3.63) is 29.1 Å². The lowest BCUT2D eigenvalue weighted by atomic mass is 9.98. The first-order chi connectivity index (χ1) is 11.0. The number of rotatable bonds is 4. The molecule has 1 amide bonds. The first-order valence-electron chi connectivity index (χ1n) is 7.74. The van der Waals surface area contributed by atoms with Crippen LogP contribution >= 0.6 is 23.7 Å². The minimum atomic E-state index is -0.736. The fourth-order valence-electron chi connectivity index (χ4n) is 2.92. The molecule has 1 aromatic heterocycles. The highest BCUT2D eigenvalue weighted by Crippen LogP contribution is 2.33. The number of aryl methyl sites for hydroxylation is 1. The molecule has 0 aliphatic heterocycles. The van der Waals surface area contributed by atoms with Crippen molar-refractivity contribution in [3.8, 4) is 17.0 Å². The number of hydrogen-bond donors (Lipinski definition) is 2. The predicted octanol–water partition coefficient (Wildman–Crippen LogP) is 3.76. The molecule has 0 spiro atoms. The summed E-state index contributed by atoms with van der Waals surface area (Å²) < 4.78 is 5.17. The van der Waals surface area contributed by atoms with Gasteiger partial charge in [-0.1, -0.05) is 12.8 Å². The zero-order valence-corrected chi connectivity index (χ0v) is 15.4. The third-order valence-corrected chi connectivity index (χ3v) is 5.21. The number of methoxy groups -OCH3 is 1. The lowest BCUT2D eigenvalue weighted by Crippen LogP contribution is -2.48. The Labute approximate surface area is 152 Å². The lowest BCUT2D eigenvalue weighted by Gasteiger charge is -2.21. The average molecular weight is 368 g/mol.